The van der Waals surface area contributed by atoms with Gasteiger partial charge in [0.2, 0.25) is 0 Å². The van der Waals surface area contributed by atoms with E-state index >= 15 is 0 Å². The molecule has 50 heavy (non-hydrogen) atoms. The van der Waals surface area contributed by atoms with Crippen LogP contribution in [0.4, 0.5) is 0 Å². The number of nitrogens with one attached hydrogen (secondary N) is 2. The van der Waals surface area contributed by atoms with Crippen LogP contribution in [0.2, 0.25) is 0 Å². The number of aromatic hydroxyl groups is 1. The SMILES string of the molecule is CNC[C@H](NC[C@H](C)O)[C@@H]1C2=C[C+]([C@@H](O)COc3cc(CCC4=C[C-](CO)C(CCCCCCCN)O4)ccc3O)N=C2CC[C@H]2CCC[C@@H]21. The topological polar surface area (TPSA) is 162 Å². The van der Waals surface area contributed by atoms with Crippen LogP contribution >= 0.6 is 0 Å². The number of aliphatic hydroxyl groups excluding tert-OH is 3. The van der Waals surface area contributed by atoms with Crippen molar-refractivity contribution in [3.8, 4) is 11.5 Å². The van der Waals surface area contributed by atoms with E-state index in [2.05, 4.69) is 16.7 Å². The van der Waals surface area contributed by atoms with Gasteiger partial charge in [-0.3, -0.25) is 0 Å². The summed E-state index contributed by atoms with van der Waals surface area (Å²) in [6.45, 7) is 3.84. The second-order valence-corrected chi connectivity index (χ2v) is 14.8. The molecule has 7 atom stereocenters. The Morgan fingerprint density at radius 3 is 2.70 bits per heavy atom. The van der Waals surface area contributed by atoms with E-state index in [0.29, 0.717) is 43.0 Å². The first-order valence-electron chi connectivity index (χ1n) is 19.2. The quantitative estimate of drug-likeness (QED) is 0.0726. The van der Waals surface area contributed by atoms with Gasteiger partial charge >= 0.3 is 0 Å². The van der Waals surface area contributed by atoms with E-state index in [1.165, 1.54) is 31.3 Å². The van der Waals surface area contributed by atoms with E-state index in [1.807, 2.05) is 32.2 Å². The summed E-state index contributed by atoms with van der Waals surface area (Å²) in [5.74, 6) is 3.62. The third-order valence-corrected chi connectivity index (χ3v) is 11.1. The van der Waals surface area contributed by atoms with Crippen LogP contribution in [0.15, 0.2) is 46.7 Å². The van der Waals surface area contributed by atoms with Gasteiger partial charge in [0.25, 0.3) is 0 Å². The third-order valence-electron chi connectivity index (χ3n) is 11.1. The fraction of sp³-hybridized carbons (Fsp3) is 0.675. The number of nitrogens with two attached hydrogens (primary N) is 1. The maximum Gasteiger partial charge on any atom is 0.189 e. The highest BCUT2D eigenvalue weighted by Crippen LogP contribution is 2.48. The molecule has 2 heterocycles. The molecule has 2 fully saturated rings. The summed E-state index contributed by atoms with van der Waals surface area (Å²) in [5.41, 5.74) is 8.86. The molecule has 1 aromatic rings. The minimum atomic E-state index is -0.944. The smallest absolute Gasteiger partial charge is 0.189 e. The predicted molar refractivity (Wildman–Crippen MR) is 198 cm³/mol. The summed E-state index contributed by atoms with van der Waals surface area (Å²) in [7, 11) is 1.97. The maximum atomic E-state index is 11.3. The number of benzene rings is 1. The largest absolute Gasteiger partial charge is 0.592 e. The van der Waals surface area contributed by atoms with Gasteiger partial charge in [0.1, 0.15) is 12.2 Å². The molecule has 8 N–H and O–H groups in total. The predicted octanol–water partition coefficient (Wildman–Crippen LogP) is 4.51. The highest BCUT2D eigenvalue weighted by molar-refractivity contribution is 6.04. The molecule has 2 saturated carbocycles. The molecule has 278 valence electrons. The Labute approximate surface area is 299 Å². The number of hydrogen-bond acceptors (Lipinski definition) is 10. The molecule has 0 bridgehead atoms. The van der Waals surface area contributed by atoms with Crippen molar-refractivity contribution in [1.82, 2.24) is 10.6 Å². The molecule has 2 aliphatic heterocycles. The Hall–Kier alpha value is -2.73. The molecule has 5 rings (SSSR count). The van der Waals surface area contributed by atoms with Gasteiger partial charge in [-0.2, -0.15) is 12.0 Å². The molecule has 4 aliphatic rings. The van der Waals surface area contributed by atoms with Crippen LogP contribution in [0, 0.1) is 29.7 Å². The van der Waals surface area contributed by atoms with Crippen molar-refractivity contribution < 1.29 is 29.9 Å². The Morgan fingerprint density at radius 1 is 1.10 bits per heavy atom. The Bertz CT molecular complexity index is 1300. The number of aliphatic hydroxyl groups is 3. The second-order valence-electron chi connectivity index (χ2n) is 14.8. The van der Waals surface area contributed by atoms with Crippen molar-refractivity contribution in [2.45, 2.75) is 115 Å². The monoisotopic (exact) mass is 694 g/mol. The van der Waals surface area contributed by atoms with Gasteiger partial charge in [-0.15, -0.1) is 4.99 Å². The van der Waals surface area contributed by atoms with E-state index in [1.54, 1.807) is 6.07 Å². The van der Waals surface area contributed by atoms with Crippen molar-refractivity contribution in [3.05, 3.63) is 59.2 Å². The van der Waals surface area contributed by atoms with E-state index in [-0.39, 0.29) is 37.0 Å². The summed E-state index contributed by atoms with van der Waals surface area (Å²) >= 11 is 0. The number of allylic oxidation sites excluding steroid dienone is 1. The van der Waals surface area contributed by atoms with Crippen LogP contribution < -0.4 is 21.1 Å². The van der Waals surface area contributed by atoms with E-state index in [9.17, 15) is 20.4 Å². The van der Waals surface area contributed by atoms with Crippen LogP contribution in [0.25, 0.3) is 0 Å². The minimum Gasteiger partial charge on any atom is -0.592 e. The molecule has 0 amide bonds. The second kappa shape index (κ2) is 19.2. The number of aliphatic imine (C=N–C) groups is 1. The number of phenolic OH excluding ortho intramolecular Hbond substituents is 1. The molecule has 10 heteroatoms. The Balaban J connectivity index is 1.17. The third kappa shape index (κ3) is 10.2. The normalized spacial score (nSPS) is 24.9. The molecule has 1 aromatic carbocycles. The average molecular weight is 695 g/mol. The molecule has 0 radical (unpaired) electrons. The number of likely N-dealkylation sites (N-methyl/N-ethyl adjacent to an activating group) is 1. The number of ether oxygens (including phenoxy) is 2. The molecular weight excluding hydrogens is 632 g/mol. The van der Waals surface area contributed by atoms with E-state index in [0.717, 1.165) is 81.0 Å². The number of hydrogen-bond donors (Lipinski definition) is 7. The maximum absolute atomic E-state index is 11.3. The minimum absolute atomic E-state index is 0.000254. The number of aryl methyl sites for hydroxylation is 1. The zero-order valence-corrected chi connectivity index (χ0v) is 30.3. The van der Waals surface area contributed by atoms with E-state index in [4.69, 9.17) is 20.2 Å². The van der Waals surface area contributed by atoms with Crippen molar-refractivity contribution in [3.63, 3.8) is 0 Å². The zero-order chi connectivity index (χ0) is 35.5. The lowest BCUT2D eigenvalue weighted by atomic mass is 9.75. The summed E-state index contributed by atoms with van der Waals surface area (Å²) in [4.78, 5) is 4.97. The highest BCUT2D eigenvalue weighted by atomic mass is 16.5. The molecule has 2 aliphatic carbocycles. The number of unbranched alkanes of at least 4 members (excludes halogenated alkanes) is 4. The fourth-order valence-electron chi connectivity index (χ4n) is 8.46. The first kappa shape index (κ1) is 38.5. The summed E-state index contributed by atoms with van der Waals surface area (Å²) in [6, 6.07) is 6.09. The Kier molecular flexibility index (Phi) is 14.8. The molecule has 0 spiro atoms. The molecule has 10 nitrogen and oxygen atoms in total. The Morgan fingerprint density at radius 2 is 1.92 bits per heavy atom. The summed E-state index contributed by atoms with van der Waals surface area (Å²) in [5, 5.41) is 48.9. The number of nitrogens with zero attached hydrogens (tertiary/aromatic N) is 1. The van der Waals surface area contributed by atoms with E-state index < -0.39 is 12.2 Å². The molecular formula is C40H62N4O6. The molecule has 0 aromatic heterocycles. The first-order chi connectivity index (χ1) is 24.3. The van der Waals surface area contributed by atoms with Crippen LogP contribution in [-0.2, 0) is 11.2 Å². The summed E-state index contributed by atoms with van der Waals surface area (Å²) in [6.07, 6.45) is 16.2. The van der Waals surface area contributed by atoms with Crippen LogP contribution in [0.5, 0.6) is 11.5 Å². The number of phenols is 1. The van der Waals surface area contributed by atoms with Gasteiger partial charge in [-0.1, -0.05) is 56.8 Å². The van der Waals surface area contributed by atoms with Crippen molar-refractivity contribution in [2.24, 2.45) is 28.5 Å². The lowest BCUT2D eigenvalue weighted by Crippen LogP contribution is -2.49. The zero-order valence-electron chi connectivity index (χ0n) is 30.3. The van der Waals surface area contributed by atoms with Crippen molar-refractivity contribution in [1.29, 1.82) is 0 Å². The standard InChI is InChI=1S/C40H62N4O6/c1-26(46)22-43-35(23-42-2)40-31-10-8-9-28(31)14-16-33-32(40)21-34(44-33)37(48)25-49-39-19-27(13-17-36(39)47)12-15-30-20-29(24-45)38(50-30)11-6-4-3-5-7-18-41/h13,17,19-21,26,28,31,35,37-38,40,42-43,45-48H,3-12,14-16,18,22-25,41H2,1-2H3/t26-,28+,31-,35-,37-,38?,40-/m0/s1. The van der Waals surface area contributed by atoms with Gasteiger partial charge < -0.3 is 46.3 Å². The number of rotatable bonds is 21. The van der Waals surface area contributed by atoms with Crippen molar-refractivity contribution in [2.75, 3.05) is 39.9 Å². The lowest BCUT2D eigenvalue weighted by Gasteiger charge is -2.32. The lowest BCUT2D eigenvalue weighted by molar-refractivity contribution is 0.120. The van der Waals surface area contributed by atoms with Gasteiger partial charge in [-0.25, -0.2) is 0 Å². The summed E-state index contributed by atoms with van der Waals surface area (Å²) < 4.78 is 12.2. The number of fused-ring (bicyclic) bond motifs is 2. The van der Waals surface area contributed by atoms with Crippen LogP contribution in [-0.4, -0.2) is 90.4 Å². The van der Waals surface area contributed by atoms with Crippen LogP contribution in [0.3, 0.4) is 0 Å². The molecule has 1 unspecified atom stereocenters. The van der Waals surface area contributed by atoms with Crippen LogP contribution in [0.1, 0.15) is 89.5 Å². The average Bonchev–Trinajstić information content (AvgIpc) is 3.84. The van der Waals surface area contributed by atoms with Gasteiger partial charge in [0.05, 0.1) is 18.1 Å². The molecule has 0 saturated heterocycles. The van der Waals surface area contributed by atoms with Gasteiger partial charge in [-0.05, 0) is 82.2 Å². The fourth-order valence-corrected chi connectivity index (χ4v) is 8.46. The first-order valence-corrected chi connectivity index (χ1v) is 19.2. The highest BCUT2D eigenvalue weighted by Gasteiger charge is 2.50. The van der Waals surface area contributed by atoms with Gasteiger partial charge in [0, 0.05) is 38.3 Å². The van der Waals surface area contributed by atoms with Crippen molar-refractivity contribution >= 4 is 5.71 Å². The van der Waals surface area contributed by atoms with Gasteiger partial charge in [0.15, 0.2) is 29.4 Å².